The van der Waals surface area contributed by atoms with E-state index >= 15 is 0 Å². The van der Waals surface area contributed by atoms with Gasteiger partial charge < -0.3 is 5.11 Å². The Kier molecular flexibility index (Phi) is 4.03. The van der Waals surface area contributed by atoms with Crippen LogP contribution in [0.4, 0.5) is 4.39 Å². The molecule has 0 aromatic heterocycles. The molecule has 2 nitrogen and oxygen atoms in total. The van der Waals surface area contributed by atoms with Crippen LogP contribution >= 0.6 is 11.8 Å². The van der Waals surface area contributed by atoms with E-state index in [1.54, 1.807) is 11.8 Å². The summed E-state index contributed by atoms with van der Waals surface area (Å²) >= 11 is 1.74. The van der Waals surface area contributed by atoms with Crippen molar-refractivity contribution in [3.8, 4) is 0 Å². The SMILES string of the molecule is CC(F)CC1CSCCC1C(=O)O. The zero-order valence-corrected chi connectivity index (χ0v) is 8.52. The maximum atomic E-state index is 12.7. The fraction of sp³-hybridized carbons (Fsp3) is 0.889. The van der Waals surface area contributed by atoms with Crippen LogP contribution < -0.4 is 0 Å². The number of hydrogen-bond donors (Lipinski definition) is 1. The maximum Gasteiger partial charge on any atom is 0.306 e. The van der Waals surface area contributed by atoms with Crippen LogP contribution in [0.5, 0.6) is 0 Å². The van der Waals surface area contributed by atoms with E-state index < -0.39 is 12.1 Å². The molecule has 0 aromatic carbocycles. The Hall–Kier alpha value is -0.250. The molecule has 0 saturated carbocycles. The van der Waals surface area contributed by atoms with Gasteiger partial charge in [-0.25, -0.2) is 4.39 Å². The number of carboxylic acid groups (broad SMARTS) is 1. The molecule has 4 heteroatoms. The summed E-state index contributed by atoms with van der Waals surface area (Å²) < 4.78 is 12.7. The molecule has 0 aromatic rings. The Morgan fingerprint density at radius 1 is 1.77 bits per heavy atom. The lowest BCUT2D eigenvalue weighted by atomic mass is 9.87. The van der Waals surface area contributed by atoms with Crippen molar-refractivity contribution in [2.24, 2.45) is 11.8 Å². The van der Waals surface area contributed by atoms with E-state index in [1.165, 1.54) is 6.92 Å². The van der Waals surface area contributed by atoms with Crippen LogP contribution in [0.2, 0.25) is 0 Å². The predicted molar refractivity (Wildman–Crippen MR) is 51.7 cm³/mol. The zero-order valence-electron chi connectivity index (χ0n) is 7.70. The van der Waals surface area contributed by atoms with Crippen molar-refractivity contribution >= 4 is 17.7 Å². The average Bonchev–Trinajstić information content (AvgIpc) is 2.03. The van der Waals surface area contributed by atoms with Gasteiger partial charge in [-0.2, -0.15) is 11.8 Å². The Bertz CT molecular complexity index is 184. The summed E-state index contributed by atoms with van der Waals surface area (Å²) in [7, 11) is 0. The van der Waals surface area contributed by atoms with Gasteiger partial charge in [0.1, 0.15) is 0 Å². The monoisotopic (exact) mass is 206 g/mol. The van der Waals surface area contributed by atoms with Crippen LogP contribution in [0.3, 0.4) is 0 Å². The highest BCUT2D eigenvalue weighted by Crippen LogP contribution is 2.32. The van der Waals surface area contributed by atoms with Crippen LogP contribution in [-0.2, 0) is 4.79 Å². The van der Waals surface area contributed by atoms with Gasteiger partial charge in [0.15, 0.2) is 0 Å². The Morgan fingerprint density at radius 2 is 2.46 bits per heavy atom. The van der Waals surface area contributed by atoms with E-state index in [4.69, 9.17) is 5.11 Å². The van der Waals surface area contributed by atoms with E-state index in [2.05, 4.69) is 0 Å². The van der Waals surface area contributed by atoms with Crippen molar-refractivity contribution < 1.29 is 14.3 Å². The summed E-state index contributed by atoms with van der Waals surface area (Å²) in [6, 6.07) is 0. The number of carboxylic acids is 1. The van der Waals surface area contributed by atoms with Crippen molar-refractivity contribution in [1.29, 1.82) is 0 Å². The molecule has 0 bridgehead atoms. The fourth-order valence-corrected chi connectivity index (χ4v) is 3.03. The number of carbonyl (C=O) groups is 1. The van der Waals surface area contributed by atoms with Crippen LogP contribution in [0, 0.1) is 11.8 Å². The number of thioether (sulfide) groups is 1. The van der Waals surface area contributed by atoms with E-state index in [-0.39, 0.29) is 11.8 Å². The first kappa shape index (κ1) is 10.8. The Balaban J connectivity index is 2.51. The number of halogens is 1. The first-order chi connectivity index (χ1) is 6.11. The molecule has 13 heavy (non-hydrogen) atoms. The molecule has 0 spiro atoms. The minimum atomic E-state index is -0.884. The second-order valence-corrected chi connectivity index (χ2v) is 4.73. The molecule has 0 radical (unpaired) electrons. The quantitative estimate of drug-likeness (QED) is 0.769. The van der Waals surface area contributed by atoms with Crippen molar-refractivity contribution in [1.82, 2.24) is 0 Å². The zero-order chi connectivity index (χ0) is 9.84. The molecule has 1 fully saturated rings. The first-order valence-corrected chi connectivity index (χ1v) is 5.71. The summed E-state index contributed by atoms with van der Waals surface area (Å²) in [6.45, 7) is 1.50. The third-order valence-corrected chi connectivity index (χ3v) is 3.61. The summed E-state index contributed by atoms with van der Waals surface area (Å²) in [5.41, 5.74) is 0. The van der Waals surface area contributed by atoms with E-state index in [0.717, 1.165) is 11.5 Å². The summed E-state index contributed by atoms with van der Waals surface area (Å²) in [5.74, 6) is 0.640. The summed E-state index contributed by atoms with van der Waals surface area (Å²) in [5, 5.41) is 8.89. The van der Waals surface area contributed by atoms with Gasteiger partial charge in [0.05, 0.1) is 12.1 Å². The fourth-order valence-electron chi connectivity index (χ4n) is 1.77. The van der Waals surface area contributed by atoms with Crippen molar-refractivity contribution in [2.75, 3.05) is 11.5 Å². The van der Waals surface area contributed by atoms with Crippen molar-refractivity contribution in [2.45, 2.75) is 25.9 Å². The number of hydrogen-bond acceptors (Lipinski definition) is 2. The molecule has 3 unspecified atom stereocenters. The van der Waals surface area contributed by atoms with Gasteiger partial charge in [0.2, 0.25) is 0 Å². The van der Waals surface area contributed by atoms with Gasteiger partial charge in [-0.05, 0) is 37.2 Å². The van der Waals surface area contributed by atoms with E-state index in [0.29, 0.717) is 12.8 Å². The molecule has 0 aliphatic carbocycles. The molecule has 3 atom stereocenters. The third-order valence-electron chi connectivity index (χ3n) is 2.42. The van der Waals surface area contributed by atoms with Gasteiger partial charge >= 0.3 is 5.97 Å². The molecule has 1 N–H and O–H groups in total. The highest BCUT2D eigenvalue weighted by Gasteiger charge is 2.31. The Morgan fingerprint density at radius 3 is 3.00 bits per heavy atom. The number of aliphatic carboxylic acids is 1. The highest BCUT2D eigenvalue weighted by molar-refractivity contribution is 7.99. The number of alkyl halides is 1. The minimum Gasteiger partial charge on any atom is -0.481 e. The standard InChI is InChI=1S/C9H15FO2S/c1-6(10)4-7-5-13-3-2-8(7)9(11)12/h6-8H,2-5H2,1H3,(H,11,12). The van der Waals surface area contributed by atoms with Gasteiger partial charge in [0, 0.05) is 0 Å². The van der Waals surface area contributed by atoms with Gasteiger partial charge in [-0.1, -0.05) is 0 Å². The average molecular weight is 206 g/mol. The van der Waals surface area contributed by atoms with Crippen LogP contribution in [0.25, 0.3) is 0 Å². The van der Waals surface area contributed by atoms with Crippen LogP contribution in [0.15, 0.2) is 0 Å². The predicted octanol–water partition coefficient (Wildman–Crippen LogP) is 2.19. The molecule has 76 valence electrons. The van der Waals surface area contributed by atoms with Gasteiger partial charge in [-0.3, -0.25) is 4.79 Å². The molecule has 1 rings (SSSR count). The highest BCUT2D eigenvalue weighted by atomic mass is 32.2. The van der Waals surface area contributed by atoms with Crippen molar-refractivity contribution in [3.63, 3.8) is 0 Å². The van der Waals surface area contributed by atoms with Crippen LogP contribution in [0.1, 0.15) is 19.8 Å². The largest absolute Gasteiger partial charge is 0.481 e. The van der Waals surface area contributed by atoms with E-state index in [9.17, 15) is 9.18 Å². The summed E-state index contributed by atoms with van der Waals surface area (Å²) in [4.78, 5) is 10.8. The van der Waals surface area contributed by atoms with Gasteiger partial charge in [-0.15, -0.1) is 0 Å². The molecule has 1 heterocycles. The molecule has 1 aliphatic rings. The topological polar surface area (TPSA) is 37.3 Å². The lowest BCUT2D eigenvalue weighted by molar-refractivity contribution is -0.143. The smallest absolute Gasteiger partial charge is 0.306 e. The van der Waals surface area contributed by atoms with Crippen molar-refractivity contribution in [3.05, 3.63) is 0 Å². The third kappa shape index (κ3) is 3.18. The number of rotatable bonds is 3. The second-order valence-electron chi connectivity index (χ2n) is 3.58. The normalized spacial score (nSPS) is 31.2. The summed E-state index contributed by atoms with van der Waals surface area (Å²) in [6.07, 6.45) is 0.201. The lowest BCUT2D eigenvalue weighted by Gasteiger charge is -2.28. The molecular formula is C9H15FO2S. The minimum absolute atomic E-state index is 0.0243. The van der Waals surface area contributed by atoms with E-state index in [1.807, 2.05) is 0 Å². The Labute approximate surface area is 81.9 Å². The molecule has 1 aliphatic heterocycles. The molecule has 0 amide bonds. The molecular weight excluding hydrogens is 191 g/mol. The lowest BCUT2D eigenvalue weighted by Crippen LogP contribution is -2.31. The maximum absolute atomic E-state index is 12.7. The second kappa shape index (κ2) is 4.84. The molecule has 1 saturated heterocycles. The van der Waals surface area contributed by atoms with Crippen LogP contribution in [-0.4, -0.2) is 28.8 Å². The first-order valence-electron chi connectivity index (χ1n) is 4.56. The van der Waals surface area contributed by atoms with Gasteiger partial charge in [0.25, 0.3) is 0 Å².